The number of ether oxygens (including phenoxy) is 1. The first-order valence-electron chi connectivity index (χ1n) is 6.40. The Morgan fingerprint density at radius 2 is 2.15 bits per heavy atom. The highest BCUT2D eigenvalue weighted by molar-refractivity contribution is 9.10. The van der Waals surface area contributed by atoms with Crippen LogP contribution in [0.4, 0.5) is 0 Å². The van der Waals surface area contributed by atoms with Crippen LogP contribution in [-0.2, 0) is 17.9 Å². The summed E-state index contributed by atoms with van der Waals surface area (Å²) in [5.74, 6) is 0. The third-order valence-electron chi connectivity index (χ3n) is 3.39. The van der Waals surface area contributed by atoms with Gasteiger partial charge in [0, 0.05) is 0 Å². The van der Waals surface area contributed by atoms with Crippen LogP contribution in [0.2, 0.25) is 5.02 Å². The minimum atomic E-state index is -0.195. The van der Waals surface area contributed by atoms with Gasteiger partial charge in [-0.05, 0) is 48.8 Å². The van der Waals surface area contributed by atoms with E-state index in [9.17, 15) is 0 Å². The van der Waals surface area contributed by atoms with Crippen LogP contribution in [0.3, 0.4) is 0 Å². The summed E-state index contributed by atoms with van der Waals surface area (Å²) in [6, 6.07) is 3.74. The zero-order valence-corrected chi connectivity index (χ0v) is 13.9. The van der Waals surface area contributed by atoms with E-state index >= 15 is 0 Å². The highest BCUT2D eigenvalue weighted by Gasteiger charge is 2.30. The molecule has 0 aliphatic carbocycles. The molecule has 3 rings (SSSR count). The molecule has 3 heterocycles. The molecule has 1 aliphatic rings. The van der Waals surface area contributed by atoms with Crippen molar-refractivity contribution < 1.29 is 4.74 Å². The molecule has 4 nitrogen and oxygen atoms in total. The van der Waals surface area contributed by atoms with Gasteiger partial charge < -0.3 is 4.74 Å². The normalized spacial score (nSPS) is 17.1. The summed E-state index contributed by atoms with van der Waals surface area (Å²) in [5, 5.41) is 5.34. The largest absolute Gasteiger partial charge is 0.367 e. The van der Waals surface area contributed by atoms with E-state index < -0.39 is 0 Å². The fourth-order valence-corrected chi connectivity index (χ4v) is 2.96. The Morgan fingerprint density at radius 1 is 1.40 bits per heavy atom. The second kappa shape index (κ2) is 4.83. The predicted molar refractivity (Wildman–Crippen MR) is 81.8 cm³/mol. The van der Waals surface area contributed by atoms with E-state index in [1.165, 1.54) is 0 Å². The van der Waals surface area contributed by atoms with Crippen LogP contribution in [0.5, 0.6) is 0 Å². The van der Waals surface area contributed by atoms with Crippen molar-refractivity contribution in [2.24, 2.45) is 0 Å². The smallest absolute Gasteiger partial charge is 0.125 e. The summed E-state index contributed by atoms with van der Waals surface area (Å²) in [7, 11) is 0. The molecule has 2 aromatic rings. The minimum absolute atomic E-state index is 0.195. The molecule has 106 valence electrons. The summed E-state index contributed by atoms with van der Waals surface area (Å²) < 4.78 is 8.77. The van der Waals surface area contributed by atoms with E-state index in [0.29, 0.717) is 11.6 Å². The fraction of sp³-hybridized carbons (Fsp3) is 0.429. The van der Waals surface area contributed by atoms with Crippen molar-refractivity contribution in [2.75, 3.05) is 0 Å². The van der Waals surface area contributed by atoms with Crippen LogP contribution in [0.25, 0.3) is 11.4 Å². The van der Waals surface area contributed by atoms with Gasteiger partial charge in [-0.25, -0.2) is 4.98 Å². The maximum Gasteiger partial charge on any atom is 0.125 e. The summed E-state index contributed by atoms with van der Waals surface area (Å²) >= 11 is 9.64. The number of nitrogens with zero attached hydrogens (tertiary/aromatic N) is 3. The van der Waals surface area contributed by atoms with Gasteiger partial charge in [0.05, 0.1) is 45.3 Å². The third kappa shape index (κ3) is 2.38. The number of aromatic nitrogens is 3. The Bertz CT molecular complexity index is 681. The van der Waals surface area contributed by atoms with Crippen LogP contribution in [0.15, 0.2) is 16.6 Å². The molecule has 0 saturated heterocycles. The molecule has 0 fully saturated rings. The predicted octanol–water partition coefficient (Wildman–Crippen LogP) is 3.98. The summed E-state index contributed by atoms with van der Waals surface area (Å²) in [6.07, 6.45) is 0. The first-order chi connectivity index (χ1) is 9.37. The quantitative estimate of drug-likeness (QED) is 0.776. The van der Waals surface area contributed by atoms with Crippen molar-refractivity contribution in [3.8, 4) is 11.4 Å². The Kier molecular flexibility index (Phi) is 3.39. The molecule has 1 aliphatic heterocycles. The average molecular weight is 357 g/mol. The molecule has 6 heteroatoms. The van der Waals surface area contributed by atoms with Crippen molar-refractivity contribution in [3.63, 3.8) is 0 Å². The molecule has 0 amide bonds. The van der Waals surface area contributed by atoms with Gasteiger partial charge in [0.2, 0.25) is 0 Å². The summed E-state index contributed by atoms with van der Waals surface area (Å²) in [5.41, 5.74) is 3.31. The van der Waals surface area contributed by atoms with Crippen molar-refractivity contribution in [3.05, 3.63) is 33.0 Å². The van der Waals surface area contributed by atoms with E-state index in [1.807, 2.05) is 23.7 Å². The van der Waals surface area contributed by atoms with Crippen LogP contribution in [0.1, 0.15) is 25.2 Å². The first kappa shape index (κ1) is 14.0. The zero-order chi connectivity index (χ0) is 14.5. The first-order valence-corrected chi connectivity index (χ1v) is 7.57. The lowest BCUT2D eigenvalue weighted by Crippen LogP contribution is -2.36. The number of rotatable bonds is 1. The standard InChI is InChI=1S/C14H15BrClN3O/c1-8-9(16)4-5-10(17-8)13-12(15)11-6-20-14(2,3)7-19(11)18-13/h4-5H,6-7H2,1-3H3. The molecule has 0 saturated carbocycles. The minimum Gasteiger partial charge on any atom is -0.367 e. The summed E-state index contributed by atoms with van der Waals surface area (Å²) in [4.78, 5) is 4.51. The molecule has 0 bridgehead atoms. The van der Waals surface area contributed by atoms with Crippen molar-refractivity contribution >= 4 is 27.5 Å². The second-order valence-corrected chi connectivity index (χ2v) is 6.78. The van der Waals surface area contributed by atoms with Crippen molar-refractivity contribution in [1.29, 1.82) is 0 Å². The molecule has 0 aromatic carbocycles. The van der Waals surface area contributed by atoms with E-state index in [2.05, 4.69) is 39.9 Å². The van der Waals surface area contributed by atoms with Crippen LogP contribution >= 0.6 is 27.5 Å². The number of fused-ring (bicyclic) bond motifs is 1. The topological polar surface area (TPSA) is 39.9 Å². The van der Waals surface area contributed by atoms with Crippen LogP contribution < -0.4 is 0 Å². The number of pyridine rings is 1. The fourth-order valence-electron chi connectivity index (χ4n) is 2.25. The van der Waals surface area contributed by atoms with Gasteiger partial charge in [0.1, 0.15) is 5.69 Å². The molecule has 0 N–H and O–H groups in total. The molecule has 20 heavy (non-hydrogen) atoms. The Labute approximate surface area is 131 Å². The van der Waals surface area contributed by atoms with Crippen LogP contribution in [-0.4, -0.2) is 20.4 Å². The van der Waals surface area contributed by atoms with E-state index in [1.54, 1.807) is 0 Å². The molecule has 0 unspecified atom stereocenters. The summed E-state index contributed by atoms with van der Waals surface area (Å²) in [6.45, 7) is 7.30. The van der Waals surface area contributed by atoms with Gasteiger partial charge in [-0.2, -0.15) is 5.10 Å². The van der Waals surface area contributed by atoms with Gasteiger partial charge in [-0.15, -0.1) is 0 Å². The lowest BCUT2D eigenvalue weighted by Gasteiger charge is -2.30. The molecule has 0 spiro atoms. The number of hydrogen-bond acceptors (Lipinski definition) is 3. The van der Waals surface area contributed by atoms with Gasteiger partial charge in [-0.1, -0.05) is 11.6 Å². The SMILES string of the molecule is Cc1nc(-c2nn3c(c2Br)COC(C)(C)C3)ccc1Cl. The maximum absolute atomic E-state index is 6.03. The van der Waals surface area contributed by atoms with Gasteiger partial charge in [-0.3, -0.25) is 4.68 Å². The third-order valence-corrected chi connectivity index (χ3v) is 4.62. The highest BCUT2D eigenvalue weighted by Crippen LogP contribution is 2.34. The van der Waals surface area contributed by atoms with E-state index in [4.69, 9.17) is 16.3 Å². The molecule has 2 aromatic heterocycles. The van der Waals surface area contributed by atoms with Gasteiger partial charge in [0.25, 0.3) is 0 Å². The van der Waals surface area contributed by atoms with Crippen molar-refractivity contribution in [2.45, 2.75) is 39.5 Å². The molecular weight excluding hydrogens is 342 g/mol. The van der Waals surface area contributed by atoms with Crippen molar-refractivity contribution in [1.82, 2.24) is 14.8 Å². The lowest BCUT2D eigenvalue weighted by molar-refractivity contribution is -0.0663. The lowest BCUT2D eigenvalue weighted by atomic mass is 10.1. The van der Waals surface area contributed by atoms with Gasteiger partial charge in [0.15, 0.2) is 0 Å². The van der Waals surface area contributed by atoms with Gasteiger partial charge >= 0.3 is 0 Å². The Balaban J connectivity index is 2.08. The van der Waals surface area contributed by atoms with E-state index in [-0.39, 0.29) is 5.60 Å². The number of halogens is 2. The zero-order valence-electron chi connectivity index (χ0n) is 11.6. The number of hydrogen-bond donors (Lipinski definition) is 0. The molecule has 0 atom stereocenters. The Morgan fingerprint density at radius 3 is 2.85 bits per heavy atom. The highest BCUT2D eigenvalue weighted by atomic mass is 79.9. The molecule has 0 radical (unpaired) electrons. The molecular formula is C14H15BrClN3O. The van der Waals surface area contributed by atoms with Crippen LogP contribution in [0, 0.1) is 6.92 Å². The second-order valence-electron chi connectivity index (χ2n) is 5.58. The monoisotopic (exact) mass is 355 g/mol. The average Bonchev–Trinajstić information content (AvgIpc) is 2.68. The number of aryl methyl sites for hydroxylation is 1. The van der Waals surface area contributed by atoms with E-state index in [0.717, 1.165) is 33.8 Å². The Hall–Kier alpha value is -0.910. The maximum atomic E-state index is 6.03.